The number of hydrogen-bond acceptors (Lipinski definition) is 2. The number of hydrogen-bond donors (Lipinski definition) is 0. The van der Waals surface area contributed by atoms with E-state index >= 15 is 0 Å². The van der Waals surface area contributed by atoms with Gasteiger partial charge in [-0.15, -0.1) is 0 Å². The summed E-state index contributed by atoms with van der Waals surface area (Å²) in [5, 5.41) is 0. The SMILES string of the molecule is CCC(CC)(OCOC)c1ccccc1. The number of benzene rings is 1. The number of rotatable bonds is 6. The molecule has 15 heavy (non-hydrogen) atoms. The first kappa shape index (κ1) is 12.2. The molecule has 1 aromatic rings. The van der Waals surface area contributed by atoms with Gasteiger partial charge in [0, 0.05) is 7.11 Å². The molecule has 1 rings (SSSR count). The van der Waals surface area contributed by atoms with Gasteiger partial charge in [-0.05, 0) is 18.4 Å². The number of ether oxygens (including phenoxy) is 2. The lowest BCUT2D eigenvalue weighted by atomic mass is 9.88. The summed E-state index contributed by atoms with van der Waals surface area (Å²) in [5.41, 5.74) is 1.03. The molecule has 0 amide bonds. The average Bonchev–Trinajstić information content (AvgIpc) is 2.33. The van der Waals surface area contributed by atoms with Crippen LogP contribution in [0, 0.1) is 0 Å². The Labute approximate surface area is 92.2 Å². The molecule has 0 bridgehead atoms. The second-order valence-corrected chi connectivity index (χ2v) is 3.62. The van der Waals surface area contributed by atoms with Crippen molar-refractivity contribution in [3.63, 3.8) is 0 Å². The first-order valence-corrected chi connectivity index (χ1v) is 5.47. The van der Waals surface area contributed by atoms with Crippen LogP contribution in [0.3, 0.4) is 0 Å². The molecule has 0 aliphatic rings. The second kappa shape index (κ2) is 5.89. The van der Waals surface area contributed by atoms with E-state index in [1.165, 1.54) is 5.56 Å². The van der Waals surface area contributed by atoms with Crippen LogP contribution < -0.4 is 0 Å². The molecule has 84 valence electrons. The summed E-state index contributed by atoms with van der Waals surface area (Å²) >= 11 is 0. The standard InChI is InChI=1S/C13H20O2/c1-4-13(5-2,15-11-14-3)12-9-7-6-8-10-12/h6-10H,4-5,11H2,1-3H3. The first-order valence-electron chi connectivity index (χ1n) is 5.47. The highest BCUT2D eigenvalue weighted by Gasteiger charge is 2.28. The van der Waals surface area contributed by atoms with Crippen molar-refractivity contribution < 1.29 is 9.47 Å². The lowest BCUT2D eigenvalue weighted by Gasteiger charge is -2.32. The topological polar surface area (TPSA) is 18.5 Å². The first-order chi connectivity index (χ1) is 7.29. The van der Waals surface area contributed by atoms with Gasteiger partial charge in [0.15, 0.2) is 0 Å². The molecule has 0 saturated heterocycles. The molecule has 0 radical (unpaired) electrons. The van der Waals surface area contributed by atoms with Gasteiger partial charge in [-0.3, -0.25) is 0 Å². The van der Waals surface area contributed by atoms with Crippen molar-refractivity contribution in [2.24, 2.45) is 0 Å². The van der Waals surface area contributed by atoms with E-state index in [0.717, 1.165) is 12.8 Å². The fourth-order valence-corrected chi connectivity index (χ4v) is 1.86. The maximum Gasteiger partial charge on any atom is 0.147 e. The molecule has 0 aromatic heterocycles. The van der Waals surface area contributed by atoms with E-state index in [-0.39, 0.29) is 5.60 Å². The van der Waals surface area contributed by atoms with E-state index in [4.69, 9.17) is 9.47 Å². The van der Waals surface area contributed by atoms with Crippen molar-refractivity contribution in [1.29, 1.82) is 0 Å². The zero-order chi connectivity index (χ0) is 11.1. The van der Waals surface area contributed by atoms with E-state index < -0.39 is 0 Å². The van der Waals surface area contributed by atoms with Crippen molar-refractivity contribution in [2.45, 2.75) is 32.3 Å². The zero-order valence-electron chi connectivity index (χ0n) is 9.82. The highest BCUT2D eigenvalue weighted by Crippen LogP contribution is 2.32. The molecule has 2 heteroatoms. The van der Waals surface area contributed by atoms with Crippen LogP contribution in [0.1, 0.15) is 32.3 Å². The molecule has 0 atom stereocenters. The molecule has 2 nitrogen and oxygen atoms in total. The van der Waals surface area contributed by atoms with E-state index in [9.17, 15) is 0 Å². The number of methoxy groups -OCH3 is 1. The molecule has 0 unspecified atom stereocenters. The fraction of sp³-hybridized carbons (Fsp3) is 0.538. The molecule has 1 aromatic carbocycles. The van der Waals surface area contributed by atoms with Gasteiger partial charge in [0.25, 0.3) is 0 Å². The summed E-state index contributed by atoms with van der Waals surface area (Å²) in [6.45, 7) is 4.63. The van der Waals surface area contributed by atoms with E-state index in [1.807, 2.05) is 18.2 Å². The van der Waals surface area contributed by atoms with Crippen LogP contribution in [0.25, 0.3) is 0 Å². The smallest absolute Gasteiger partial charge is 0.147 e. The molecule has 0 N–H and O–H groups in total. The predicted molar refractivity (Wildman–Crippen MR) is 61.7 cm³/mol. The summed E-state index contributed by atoms with van der Waals surface area (Å²) in [6, 6.07) is 10.3. The Morgan fingerprint density at radius 2 is 1.67 bits per heavy atom. The summed E-state index contributed by atoms with van der Waals surface area (Å²) < 4.78 is 10.8. The average molecular weight is 208 g/mol. The van der Waals surface area contributed by atoms with Gasteiger partial charge in [0.2, 0.25) is 0 Å². The zero-order valence-corrected chi connectivity index (χ0v) is 9.82. The minimum Gasteiger partial charge on any atom is -0.359 e. The highest BCUT2D eigenvalue weighted by molar-refractivity contribution is 5.22. The van der Waals surface area contributed by atoms with Gasteiger partial charge < -0.3 is 9.47 Å². The van der Waals surface area contributed by atoms with Crippen LogP contribution in [-0.2, 0) is 15.1 Å². The molecular formula is C13H20O2. The van der Waals surface area contributed by atoms with Crippen molar-refractivity contribution >= 4 is 0 Å². The molecule has 0 spiro atoms. The van der Waals surface area contributed by atoms with Crippen LogP contribution in [-0.4, -0.2) is 13.9 Å². The van der Waals surface area contributed by atoms with Crippen molar-refractivity contribution in [2.75, 3.05) is 13.9 Å². The Morgan fingerprint density at radius 1 is 1.07 bits per heavy atom. The molecule has 0 aliphatic heterocycles. The minimum absolute atomic E-state index is 0.197. The van der Waals surface area contributed by atoms with Crippen molar-refractivity contribution in [1.82, 2.24) is 0 Å². The van der Waals surface area contributed by atoms with E-state index in [1.54, 1.807) is 7.11 Å². The van der Waals surface area contributed by atoms with Gasteiger partial charge in [0.05, 0.1) is 5.60 Å². The van der Waals surface area contributed by atoms with Gasteiger partial charge in [0.1, 0.15) is 6.79 Å². The second-order valence-electron chi connectivity index (χ2n) is 3.62. The maximum absolute atomic E-state index is 5.84. The Morgan fingerprint density at radius 3 is 2.13 bits per heavy atom. The Balaban J connectivity index is 2.89. The molecule has 0 fully saturated rings. The molecule has 0 heterocycles. The largest absolute Gasteiger partial charge is 0.359 e. The quantitative estimate of drug-likeness (QED) is 0.668. The van der Waals surface area contributed by atoms with Gasteiger partial charge in [-0.25, -0.2) is 0 Å². The lowest BCUT2D eigenvalue weighted by Crippen LogP contribution is -2.29. The lowest BCUT2D eigenvalue weighted by molar-refractivity contribution is -0.139. The van der Waals surface area contributed by atoms with Crippen LogP contribution >= 0.6 is 0 Å². The third-order valence-electron chi connectivity index (χ3n) is 2.90. The third-order valence-corrected chi connectivity index (χ3v) is 2.90. The summed E-state index contributed by atoms with van der Waals surface area (Å²) in [7, 11) is 1.65. The molecular weight excluding hydrogens is 188 g/mol. The van der Waals surface area contributed by atoms with Crippen molar-refractivity contribution in [3.8, 4) is 0 Å². The summed E-state index contributed by atoms with van der Waals surface area (Å²) in [4.78, 5) is 0. The normalized spacial score (nSPS) is 11.7. The molecule has 0 aliphatic carbocycles. The monoisotopic (exact) mass is 208 g/mol. The Hall–Kier alpha value is -0.860. The van der Waals surface area contributed by atoms with Crippen molar-refractivity contribution in [3.05, 3.63) is 35.9 Å². The summed E-state index contributed by atoms with van der Waals surface area (Å²) in [6.07, 6.45) is 1.91. The Kier molecular flexibility index (Phi) is 4.79. The minimum atomic E-state index is -0.197. The van der Waals surface area contributed by atoms with Gasteiger partial charge in [-0.1, -0.05) is 44.2 Å². The van der Waals surface area contributed by atoms with Crippen LogP contribution in [0.5, 0.6) is 0 Å². The highest BCUT2D eigenvalue weighted by atomic mass is 16.7. The van der Waals surface area contributed by atoms with Crippen LogP contribution in [0.15, 0.2) is 30.3 Å². The van der Waals surface area contributed by atoms with E-state index in [2.05, 4.69) is 26.0 Å². The predicted octanol–water partition coefficient (Wildman–Crippen LogP) is 3.32. The van der Waals surface area contributed by atoms with E-state index in [0.29, 0.717) is 6.79 Å². The molecule has 0 saturated carbocycles. The third kappa shape index (κ3) is 2.80. The van der Waals surface area contributed by atoms with Crippen LogP contribution in [0.2, 0.25) is 0 Å². The fourth-order valence-electron chi connectivity index (χ4n) is 1.86. The van der Waals surface area contributed by atoms with Gasteiger partial charge >= 0.3 is 0 Å². The maximum atomic E-state index is 5.84. The van der Waals surface area contributed by atoms with Crippen LogP contribution in [0.4, 0.5) is 0 Å². The Bertz CT molecular complexity index is 265. The summed E-state index contributed by atoms with van der Waals surface area (Å²) in [5.74, 6) is 0. The van der Waals surface area contributed by atoms with Gasteiger partial charge in [-0.2, -0.15) is 0 Å².